The monoisotopic (exact) mass is 410 g/mol. The summed E-state index contributed by atoms with van der Waals surface area (Å²) in [5.74, 6) is 0.919. The number of rotatable bonds is 9. The summed E-state index contributed by atoms with van der Waals surface area (Å²) in [4.78, 5) is 27.6. The highest BCUT2D eigenvalue weighted by Gasteiger charge is 2.39. The highest BCUT2D eigenvalue weighted by Crippen LogP contribution is 2.36. The van der Waals surface area contributed by atoms with E-state index in [9.17, 15) is 9.59 Å². The van der Waals surface area contributed by atoms with Crippen LogP contribution in [0.25, 0.3) is 5.57 Å². The summed E-state index contributed by atoms with van der Waals surface area (Å²) >= 11 is 0. The minimum absolute atomic E-state index is 0.216. The first kappa shape index (κ1) is 21.2. The van der Waals surface area contributed by atoms with E-state index >= 15 is 0 Å². The molecule has 1 heterocycles. The van der Waals surface area contributed by atoms with Crippen molar-refractivity contribution in [1.82, 2.24) is 4.90 Å². The fourth-order valence-corrected chi connectivity index (χ4v) is 3.36. The Morgan fingerprint density at radius 1 is 0.900 bits per heavy atom. The lowest BCUT2D eigenvalue weighted by molar-refractivity contribution is -0.136. The number of para-hydroxylation sites is 2. The molecule has 0 saturated heterocycles. The Kier molecular flexibility index (Phi) is 6.61. The lowest BCUT2D eigenvalue weighted by Gasteiger charge is -2.15. The van der Waals surface area contributed by atoms with E-state index in [0.29, 0.717) is 53.6 Å². The Balaban J connectivity index is 2.12. The lowest BCUT2D eigenvalue weighted by atomic mass is 10.0. The lowest BCUT2D eigenvalue weighted by Crippen LogP contribution is -2.33. The van der Waals surface area contributed by atoms with Crippen molar-refractivity contribution in [2.24, 2.45) is 0 Å². The number of carbonyl (C=O) groups is 2. The molecule has 1 aliphatic rings. The Labute approximate surface area is 176 Å². The van der Waals surface area contributed by atoms with Gasteiger partial charge in [-0.15, -0.1) is 0 Å². The molecule has 0 aromatic heterocycles. The molecule has 7 heteroatoms. The van der Waals surface area contributed by atoms with Gasteiger partial charge >= 0.3 is 0 Å². The van der Waals surface area contributed by atoms with Crippen LogP contribution in [-0.2, 0) is 9.59 Å². The van der Waals surface area contributed by atoms with E-state index in [-0.39, 0.29) is 17.5 Å². The average molecular weight is 410 g/mol. The highest BCUT2D eigenvalue weighted by molar-refractivity contribution is 6.36. The van der Waals surface area contributed by atoms with Crippen LogP contribution in [0.3, 0.4) is 0 Å². The quantitative estimate of drug-likeness (QED) is 0.635. The third-order valence-corrected chi connectivity index (χ3v) is 4.73. The molecule has 0 saturated carbocycles. The van der Waals surface area contributed by atoms with Gasteiger partial charge in [0.2, 0.25) is 0 Å². The van der Waals surface area contributed by atoms with Crippen molar-refractivity contribution < 1.29 is 23.8 Å². The van der Waals surface area contributed by atoms with E-state index in [0.717, 1.165) is 0 Å². The molecular formula is C23H26N2O5. The predicted molar refractivity (Wildman–Crippen MR) is 115 cm³/mol. The molecule has 0 aliphatic carbocycles. The maximum Gasteiger partial charge on any atom is 0.278 e. The molecule has 2 amide bonds. The molecule has 7 nitrogen and oxygen atoms in total. The number of hydrogen-bond donors (Lipinski definition) is 1. The maximum atomic E-state index is 13.2. The van der Waals surface area contributed by atoms with Gasteiger partial charge in [0.1, 0.15) is 11.4 Å². The number of imide groups is 1. The first-order chi connectivity index (χ1) is 14.5. The summed E-state index contributed by atoms with van der Waals surface area (Å²) in [5.41, 5.74) is 1.70. The molecule has 2 aromatic rings. The van der Waals surface area contributed by atoms with Gasteiger partial charge in [-0.2, -0.15) is 0 Å². The number of amides is 2. The van der Waals surface area contributed by atoms with Crippen LogP contribution >= 0.6 is 0 Å². The minimum atomic E-state index is -0.363. The van der Waals surface area contributed by atoms with Gasteiger partial charge in [-0.3, -0.25) is 14.5 Å². The molecule has 30 heavy (non-hydrogen) atoms. The topological polar surface area (TPSA) is 77.1 Å². The van der Waals surface area contributed by atoms with E-state index in [1.807, 2.05) is 38.1 Å². The maximum absolute atomic E-state index is 13.2. The number of carbonyl (C=O) groups excluding carboxylic acids is 2. The third kappa shape index (κ3) is 3.96. The Hall–Kier alpha value is -3.48. The number of nitrogens with one attached hydrogen (secondary N) is 1. The SMILES string of the molecule is CCCN1C(=O)C(Nc2ccccc2OCC)=C(c2ccc(OC)c(OC)c2)C1=O. The summed E-state index contributed by atoms with van der Waals surface area (Å²) in [6, 6.07) is 12.5. The van der Waals surface area contributed by atoms with Gasteiger partial charge in [0.15, 0.2) is 11.5 Å². The van der Waals surface area contributed by atoms with Gasteiger partial charge in [-0.1, -0.05) is 25.1 Å². The normalized spacial score (nSPS) is 13.7. The molecule has 0 atom stereocenters. The molecular weight excluding hydrogens is 384 g/mol. The predicted octanol–water partition coefficient (Wildman–Crippen LogP) is 3.70. The summed E-state index contributed by atoms with van der Waals surface area (Å²) in [6.07, 6.45) is 0.666. The van der Waals surface area contributed by atoms with E-state index in [1.165, 1.54) is 12.0 Å². The first-order valence-electron chi connectivity index (χ1n) is 9.87. The molecule has 0 bridgehead atoms. The molecule has 0 fully saturated rings. The minimum Gasteiger partial charge on any atom is -0.493 e. The second kappa shape index (κ2) is 9.35. The molecule has 158 valence electrons. The van der Waals surface area contributed by atoms with Crippen molar-refractivity contribution in [3.8, 4) is 17.2 Å². The molecule has 2 aromatic carbocycles. The molecule has 0 radical (unpaired) electrons. The van der Waals surface area contributed by atoms with Crippen molar-refractivity contribution in [2.75, 3.05) is 32.7 Å². The standard InChI is InChI=1S/C23H26N2O5/c1-5-13-25-22(26)20(15-11-12-18(28-3)19(14-15)29-4)21(23(25)27)24-16-9-7-8-10-17(16)30-6-2/h7-12,14,24H,5-6,13H2,1-4H3. The van der Waals surface area contributed by atoms with Gasteiger partial charge in [0.25, 0.3) is 11.8 Å². The smallest absolute Gasteiger partial charge is 0.278 e. The number of nitrogens with zero attached hydrogens (tertiary/aromatic N) is 1. The number of ether oxygens (including phenoxy) is 3. The summed E-state index contributed by atoms with van der Waals surface area (Å²) < 4.78 is 16.3. The van der Waals surface area contributed by atoms with Gasteiger partial charge in [-0.25, -0.2) is 0 Å². The number of benzene rings is 2. The van der Waals surface area contributed by atoms with Crippen molar-refractivity contribution in [3.05, 3.63) is 53.7 Å². The second-order valence-electron chi connectivity index (χ2n) is 6.64. The zero-order valence-electron chi connectivity index (χ0n) is 17.7. The Morgan fingerprint density at radius 3 is 2.30 bits per heavy atom. The Morgan fingerprint density at radius 2 is 1.63 bits per heavy atom. The van der Waals surface area contributed by atoms with Gasteiger partial charge in [-0.05, 0) is 43.2 Å². The highest BCUT2D eigenvalue weighted by atomic mass is 16.5. The van der Waals surface area contributed by atoms with Gasteiger partial charge in [0.05, 0.1) is 32.1 Å². The zero-order valence-corrected chi connectivity index (χ0v) is 17.7. The molecule has 1 aliphatic heterocycles. The Bertz CT molecular complexity index is 983. The molecule has 0 spiro atoms. The van der Waals surface area contributed by atoms with Crippen LogP contribution in [0.2, 0.25) is 0 Å². The number of anilines is 1. The second-order valence-corrected chi connectivity index (χ2v) is 6.64. The molecule has 3 rings (SSSR count). The van der Waals surface area contributed by atoms with Crippen LogP contribution in [0, 0.1) is 0 Å². The largest absolute Gasteiger partial charge is 0.493 e. The number of methoxy groups -OCH3 is 2. The van der Waals surface area contributed by atoms with Crippen molar-refractivity contribution in [2.45, 2.75) is 20.3 Å². The fourth-order valence-electron chi connectivity index (χ4n) is 3.36. The molecule has 0 unspecified atom stereocenters. The summed E-state index contributed by atoms with van der Waals surface area (Å²) in [7, 11) is 3.07. The number of hydrogen-bond acceptors (Lipinski definition) is 6. The van der Waals surface area contributed by atoms with E-state index in [2.05, 4.69) is 5.32 Å². The third-order valence-electron chi connectivity index (χ3n) is 4.73. The van der Waals surface area contributed by atoms with Crippen LogP contribution in [-0.4, -0.2) is 44.1 Å². The van der Waals surface area contributed by atoms with Crippen LogP contribution in [0.15, 0.2) is 48.2 Å². The van der Waals surface area contributed by atoms with Crippen LogP contribution in [0.1, 0.15) is 25.8 Å². The average Bonchev–Trinajstić information content (AvgIpc) is 2.99. The first-order valence-corrected chi connectivity index (χ1v) is 9.87. The fraction of sp³-hybridized carbons (Fsp3) is 0.304. The van der Waals surface area contributed by atoms with Gasteiger partial charge < -0.3 is 19.5 Å². The summed E-state index contributed by atoms with van der Waals surface area (Å²) in [5, 5.41) is 3.15. The van der Waals surface area contributed by atoms with E-state index in [1.54, 1.807) is 25.3 Å². The van der Waals surface area contributed by atoms with Gasteiger partial charge in [0, 0.05) is 6.54 Å². The summed E-state index contributed by atoms with van der Waals surface area (Å²) in [6.45, 7) is 4.63. The van der Waals surface area contributed by atoms with Crippen molar-refractivity contribution in [1.29, 1.82) is 0 Å². The zero-order chi connectivity index (χ0) is 21.7. The van der Waals surface area contributed by atoms with E-state index in [4.69, 9.17) is 14.2 Å². The van der Waals surface area contributed by atoms with Crippen molar-refractivity contribution >= 4 is 23.1 Å². The molecule has 1 N–H and O–H groups in total. The van der Waals surface area contributed by atoms with Crippen LogP contribution in [0.5, 0.6) is 17.2 Å². The van der Waals surface area contributed by atoms with E-state index < -0.39 is 0 Å². The van der Waals surface area contributed by atoms with Crippen molar-refractivity contribution in [3.63, 3.8) is 0 Å². The van der Waals surface area contributed by atoms with Crippen LogP contribution in [0.4, 0.5) is 5.69 Å². The van der Waals surface area contributed by atoms with Crippen LogP contribution < -0.4 is 19.5 Å².